The van der Waals surface area contributed by atoms with Crippen LogP contribution in [0.1, 0.15) is 113 Å². The molecule has 0 aromatic heterocycles. The summed E-state index contributed by atoms with van der Waals surface area (Å²) in [4.78, 5) is 0. The van der Waals surface area contributed by atoms with Crippen LogP contribution >= 0.6 is 0 Å². The Labute approximate surface area is 204 Å². The first-order valence-corrected chi connectivity index (χ1v) is 14.1. The monoisotopic (exact) mass is 456 g/mol. The van der Waals surface area contributed by atoms with Gasteiger partial charge in [0.1, 0.15) is 0 Å². The van der Waals surface area contributed by atoms with Crippen LogP contribution in [-0.4, -0.2) is 24.4 Å². The summed E-state index contributed by atoms with van der Waals surface area (Å²) < 4.78 is 6.45. The highest BCUT2D eigenvalue weighted by molar-refractivity contribution is 5.35. The van der Waals surface area contributed by atoms with E-state index in [2.05, 4.69) is 61.5 Å². The van der Waals surface area contributed by atoms with Crippen LogP contribution in [0.2, 0.25) is 0 Å². The van der Waals surface area contributed by atoms with E-state index in [9.17, 15) is 5.11 Å². The first-order chi connectivity index (χ1) is 15.1. The maximum Gasteiger partial charge on any atom is 0.0793 e. The van der Waals surface area contributed by atoms with Crippen LogP contribution in [0.4, 0.5) is 0 Å². The first kappa shape index (κ1) is 24.4. The molecule has 0 aromatic carbocycles. The summed E-state index contributed by atoms with van der Waals surface area (Å²) in [5, 5.41) is 11.0. The molecule has 0 saturated heterocycles. The quantitative estimate of drug-likeness (QED) is 0.408. The Morgan fingerprint density at radius 1 is 0.848 bits per heavy atom. The molecule has 0 spiro atoms. The van der Waals surface area contributed by atoms with Gasteiger partial charge < -0.3 is 9.84 Å². The predicted molar refractivity (Wildman–Crippen MR) is 137 cm³/mol. The highest BCUT2D eigenvalue weighted by Crippen LogP contribution is 2.75. The average molecular weight is 457 g/mol. The molecule has 33 heavy (non-hydrogen) atoms. The third-order valence-electron chi connectivity index (χ3n) is 13.2. The molecule has 188 valence electrons. The molecule has 0 radical (unpaired) electrons. The zero-order valence-corrected chi connectivity index (χ0v) is 23.2. The zero-order chi connectivity index (χ0) is 24.2. The molecular weight excluding hydrogens is 404 g/mol. The molecule has 0 heterocycles. The summed E-state index contributed by atoms with van der Waals surface area (Å²) >= 11 is 0. The Hall–Kier alpha value is -0.340. The summed E-state index contributed by atoms with van der Waals surface area (Å²) in [6, 6.07) is 0. The fraction of sp³-hybridized carbons (Fsp3) is 0.935. The van der Waals surface area contributed by atoms with Gasteiger partial charge in [-0.3, -0.25) is 0 Å². The van der Waals surface area contributed by atoms with Crippen molar-refractivity contribution in [2.24, 2.45) is 50.2 Å². The van der Waals surface area contributed by atoms with Gasteiger partial charge in [-0.25, -0.2) is 0 Å². The second-order valence-corrected chi connectivity index (χ2v) is 15.6. The molecule has 4 saturated carbocycles. The number of fused-ring (bicyclic) bond motifs is 7. The second kappa shape index (κ2) is 7.12. The number of aliphatic hydroxyl groups is 1. The highest BCUT2D eigenvalue weighted by Gasteiger charge is 2.69. The minimum atomic E-state index is -0.175. The van der Waals surface area contributed by atoms with Crippen LogP contribution < -0.4 is 0 Å². The summed E-state index contributed by atoms with van der Waals surface area (Å²) in [6.45, 7) is 20.2. The van der Waals surface area contributed by atoms with E-state index in [1.807, 2.05) is 7.11 Å². The largest absolute Gasteiger partial charge is 0.393 e. The first-order valence-electron chi connectivity index (χ1n) is 14.1. The van der Waals surface area contributed by atoms with Gasteiger partial charge in [0.25, 0.3) is 0 Å². The fourth-order valence-corrected chi connectivity index (χ4v) is 10.8. The smallest absolute Gasteiger partial charge is 0.0793 e. The normalized spacial score (nSPS) is 54.8. The van der Waals surface area contributed by atoms with Gasteiger partial charge in [-0.15, -0.1) is 0 Å². The van der Waals surface area contributed by atoms with Crippen LogP contribution in [0, 0.1) is 50.2 Å². The van der Waals surface area contributed by atoms with E-state index in [0.717, 1.165) is 12.8 Å². The highest BCUT2D eigenvalue weighted by atomic mass is 16.5. The molecule has 9 atom stereocenters. The molecule has 0 aromatic rings. The lowest BCUT2D eigenvalue weighted by Crippen LogP contribution is -2.67. The number of allylic oxidation sites excluding steroid dienone is 1. The van der Waals surface area contributed by atoms with Crippen LogP contribution in [0.15, 0.2) is 11.6 Å². The molecular formula is C31H52O2. The number of aliphatic hydroxyl groups excluding tert-OH is 1. The fourth-order valence-electron chi connectivity index (χ4n) is 10.8. The van der Waals surface area contributed by atoms with Gasteiger partial charge in [-0.2, -0.15) is 0 Å². The van der Waals surface area contributed by atoms with Crippen molar-refractivity contribution >= 4 is 0 Å². The SMILES string of the molecule is CO[C@@H]1C=C2[C@@H]3CC(C)(C)CC[C@]3(C)CC[C@@]2(C)[C@]2(C)CC[C@H]3C(C)(C)[C@@H](O)CC[C@]3(C)[C@@H]12. The molecule has 0 unspecified atom stereocenters. The van der Waals surface area contributed by atoms with Gasteiger partial charge in [0.2, 0.25) is 0 Å². The number of methoxy groups -OCH3 is 1. The standard InChI is InChI=1S/C31H52O2/c1-26(2)14-15-28(5)16-17-30(7)20(21(28)19-26)18-22(33-9)25-29(6)12-11-24(32)27(3,4)23(29)10-13-31(25,30)8/h18,21-25,32H,10-17,19H2,1-9H3/t21-,22+,23-,24-,25+,28+,29-,30+,31+/m0/s1. The van der Waals surface area contributed by atoms with E-state index in [0.29, 0.717) is 28.6 Å². The maximum atomic E-state index is 11.0. The maximum absolute atomic E-state index is 11.0. The Bertz CT molecular complexity index is 840. The van der Waals surface area contributed by atoms with Crippen molar-refractivity contribution in [1.82, 2.24) is 0 Å². The van der Waals surface area contributed by atoms with Crippen molar-refractivity contribution in [2.45, 2.75) is 125 Å². The molecule has 2 heteroatoms. The van der Waals surface area contributed by atoms with Crippen molar-refractivity contribution in [1.29, 1.82) is 0 Å². The van der Waals surface area contributed by atoms with Gasteiger partial charge in [-0.05, 0) is 102 Å². The summed E-state index contributed by atoms with van der Waals surface area (Å²) in [6.07, 6.45) is 14.1. The van der Waals surface area contributed by atoms with E-state index in [4.69, 9.17) is 4.74 Å². The van der Waals surface area contributed by atoms with Crippen molar-refractivity contribution in [2.75, 3.05) is 7.11 Å². The third kappa shape index (κ3) is 3.04. The Balaban J connectivity index is 1.65. The molecule has 1 N–H and O–H groups in total. The number of hydrogen-bond donors (Lipinski definition) is 1. The number of hydrogen-bond acceptors (Lipinski definition) is 2. The van der Waals surface area contributed by atoms with E-state index >= 15 is 0 Å². The van der Waals surface area contributed by atoms with E-state index in [1.165, 1.54) is 44.9 Å². The molecule has 4 fully saturated rings. The topological polar surface area (TPSA) is 29.5 Å². The van der Waals surface area contributed by atoms with Gasteiger partial charge in [0, 0.05) is 13.0 Å². The van der Waals surface area contributed by atoms with Crippen molar-refractivity contribution in [3.63, 3.8) is 0 Å². The molecule has 0 amide bonds. The van der Waals surface area contributed by atoms with Crippen LogP contribution in [-0.2, 0) is 4.74 Å². The Morgan fingerprint density at radius 3 is 2.18 bits per heavy atom. The summed E-state index contributed by atoms with van der Waals surface area (Å²) in [7, 11) is 1.97. The van der Waals surface area contributed by atoms with E-state index < -0.39 is 0 Å². The van der Waals surface area contributed by atoms with Gasteiger partial charge in [0.05, 0.1) is 12.2 Å². The molecule has 2 nitrogen and oxygen atoms in total. The predicted octanol–water partition coefficient (Wildman–Crippen LogP) is 7.79. The minimum Gasteiger partial charge on any atom is -0.393 e. The molecule has 5 rings (SSSR count). The van der Waals surface area contributed by atoms with Crippen LogP contribution in [0.5, 0.6) is 0 Å². The van der Waals surface area contributed by atoms with Crippen molar-refractivity contribution in [3.05, 3.63) is 11.6 Å². The van der Waals surface area contributed by atoms with Crippen LogP contribution in [0.25, 0.3) is 0 Å². The average Bonchev–Trinajstić information content (AvgIpc) is 2.72. The number of rotatable bonds is 1. The molecule has 0 bridgehead atoms. The summed E-state index contributed by atoms with van der Waals surface area (Å²) in [5.74, 6) is 1.78. The van der Waals surface area contributed by atoms with Gasteiger partial charge >= 0.3 is 0 Å². The lowest BCUT2D eigenvalue weighted by atomic mass is 9.33. The third-order valence-corrected chi connectivity index (χ3v) is 13.2. The molecule has 5 aliphatic carbocycles. The Morgan fingerprint density at radius 2 is 1.52 bits per heavy atom. The number of ether oxygens (including phenoxy) is 1. The molecule has 0 aliphatic heterocycles. The zero-order valence-electron chi connectivity index (χ0n) is 23.2. The lowest BCUT2D eigenvalue weighted by molar-refractivity contribution is -0.228. The lowest BCUT2D eigenvalue weighted by Gasteiger charge is -2.72. The molecule has 5 aliphatic rings. The Kier molecular flexibility index (Phi) is 5.25. The second-order valence-electron chi connectivity index (χ2n) is 15.6. The minimum absolute atomic E-state index is 0.0178. The van der Waals surface area contributed by atoms with Gasteiger partial charge in [-0.1, -0.05) is 67.0 Å². The van der Waals surface area contributed by atoms with Crippen molar-refractivity contribution in [3.8, 4) is 0 Å². The van der Waals surface area contributed by atoms with Crippen LogP contribution in [0.3, 0.4) is 0 Å². The summed E-state index contributed by atoms with van der Waals surface area (Å²) in [5.41, 5.74) is 3.39. The van der Waals surface area contributed by atoms with Gasteiger partial charge in [0.15, 0.2) is 0 Å². The van der Waals surface area contributed by atoms with E-state index in [1.54, 1.807) is 5.57 Å². The van der Waals surface area contributed by atoms with Crippen molar-refractivity contribution < 1.29 is 9.84 Å². The van der Waals surface area contributed by atoms with E-state index in [-0.39, 0.29) is 33.9 Å².